The van der Waals surface area contributed by atoms with E-state index in [2.05, 4.69) is 18.4 Å². The number of hydrogen-bond acceptors (Lipinski definition) is 4. The molecule has 1 amide bonds. The number of benzene rings is 1. The van der Waals surface area contributed by atoms with Gasteiger partial charge >= 0.3 is 0 Å². The van der Waals surface area contributed by atoms with Crippen LogP contribution in [0.15, 0.2) is 40.6 Å². The first kappa shape index (κ1) is 16.2. The Labute approximate surface area is 140 Å². The number of rotatable bonds is 3. The zero-order valence-electron chi connectivity index (χ0n) is 13.2. The highest BCUT2D eigenvalue weighted by molar-refractivity contribution is 7.90. The molecule has 0 N–H and O–H groups in total. The summed E-state index contributed by atoms with van der Waals surface area (Å²) in [6, 6.07) is 8.49. The average molecular weight is 349 g/mol. The molecule has 0 fully saturated rings. The van der Waals surface area contributed by atoms with Crippen molar-refractivity contribution in [3.05, 3.63) is 51.7 Å². The molecule has 3 rings (SSSR count). The maximum absolute atomic E-state index is 12.9. The van der Waals surface area contributed by atoms with E-state index in [9.17, 15) is 13.2 Å². The van der Waals surface area contributed by atoms with Crippen LogP contribution >= 0.6 is 11.3 Å². The van der Waals surface area contributed by atoms with Crippen LogP contribution in [0.1, 0.15) is 40.2 Å². The second-order valence-electron chi connectivity index (χ2n) is 5.77. The standard InChI is InChI=1S/C17H19NO3S2/c1-3-15-14-8-10-22-16(14)7-9-18(15)17(19)12-5-4-6-13(11-12)23(2,20)21/h4-6,8,10-11,15H,3,7,9H2,1-2H3. The highest BCUT2D eigenvalue weighted by Gasteiger charge is 2.31. The van der Waals surface area contributed by atoms with E-state index in [1.54, 1.807) is 23.5 Å². The average Bonchev–Trinajstić information content (AvgIpc) is 3.01. The van der Waals surface area contributed by atoms with Crippen molar-refractivity contribution in [2.75, 3.05) is 12.8 Å². The highest BCUT2D eigenvalue weighted by Crippen LogP contribution is 2.36. The second kappa shape index (κ2) is 6.09. The molecule has 1 aromatic heterocycles. The van der Waals surface area contributed by atoms with Gasteiger partial charge in [0, 0.05) is 23.2 Å². The number of amides is 1. The number of carbonyl (C=O) groups is 1. The first-order valence-electron chi connectivity index (χ1n) is 7.59. The van der Waals surface area contributed by atoms with Crippen molar-refractivity contribution < 1.29 is 13.2 Å². The first-order chi connectivity index (χ1) is 10.9. The molecule has 2 aromatic rings. The molecule has 6 heteroatoms. The molecule has 23 heavy (non-hydrogen) atoms. The molecule has 0 bridgehead atoms. The summed E-state index contributed by atoms with van der Waals surface area (Å²) in [6.07, 6.45) is 2.87. The predicted molar refractivity (Wildman–Crippen MR) is 91.6 cm³/mol. The number of carbonyl (C=O) groups excluding carboxylic acids is 1. The van der Waals surface area contributed by atoms with Gasteiger partial charge in [0.15, 0.2) is 9.84 Å². The van der Waals surface area contributed by atoms with Crippen molar-refractivity contribution in [3.8, 4) is 0 Å². The van der Waals surface area contributed by atoms with Gasteiger partial charge in [-0.25, -0.2) is 8.42 Å². The number of thiophene rings is 1. The van der Waals surface area contributed by atoms with Gasteiger partial charge in [0.25, 0.3) is 5.91 Å². The van der Waals surface area contributed by atoms with Gasteiger partial charge in [0.05, 0.1) is 10.9 Å². The van der Waals surface area contributed by atoms with E-state index in [4.69, 9.17) is 0 Å². The molecule has 1 atom stereocenters. The molecule has 0 spiro atoms. The van der Waals surface area contributed by atoms with Crippen molar-refractivity contribution in [1.82, 2.24) is 4.90 Å². The zero-order valence-corrected chi connectivity index (χ0v) is 14.8. The van der Waals surface area contributed by atoms with Gasteiger partial charge in [-0.2, -0.15) is 0 Å². The monoisotopic (exact) mass is 349 g/mol. The van der Waals surface area contributed by atoms with Crippen LogP contribution in [-0.2, 0) is 16.3 Å². The topological polar surface area (TPSA) is 54.5 Å². The third kappa shape index (κ3) is 3.05. The van der Waals surface area contributed by atoms with Crippen molar-refractivity contribution in [2.24, 2.45) is 0 Å². The minimum atomic E-state index is -3.32. The summed E-state index contributed by atoms with van der Waals surface area (Å²) in [5.74, 6) is -0.0980. The smallest absolute Gasteiger partial charge is 0.254 e. The van der Waals surface area contributed by atoms with Gasteiger partial charge in [-0.05, 0) is 48.1 Å². The molecule has 0 saturated heterocycles. The van der Waals surface area contributed by atoms with Crippen molar-refractivity contribution >= 4 is 27.1 Å². The van der Waals surface area contributed by atoms with E-state index in [-0.39, 0.29) is 16.8 Å². The number of sulfone groups is 1. The lowest BCUT2D eigenvalue weighted by Crippen LogP contribution is -2.39. The summed E-state index contributed by atoms with van der Waals surface area (Å²) in [4.78, 5) is 16.3. The second-order valence-corrected chi connectivity index (χ2v) is 8.79. The fourth-order valence-electron chi connectivity index (χ4n) is 3.11. The summed E-state index contributed by atoms with van der Waals surface area (Å²) < 4.78 is 23.4. The van der Waals surface area contributed by atoms with Gasteiger partial charge in [-0.15, -0.1) is 11.3 Å². The van der Waals surface area contributed by atoms with Crippen LogP contribution < -0.4 is 0 Å². The highest BCUT2D eigenvalue weighted by atomic mass is 32.2. The Kier molecular flexibility index (Phi) is 4.29. The quantitative estimate of drug-likeness (QED) is 0.854. The summed E-state index contributed by atoms with van der Waals surface area (Å²) >= 11 is 1.74. The Morgan fingerprint density at radius 2 is 2.13 bits per heavy atom. The largest absolute Gasteiger partial charge is 0.331 e. The van der Waals surface area contributed by atoms with Gasteiger partial charge in [-0.3, -0.25) is 4.79 Å². The van der Waals surface area contributed by atoms with E-state index >= 15 is 0 Å². The first-order valence-corrected chi connectivity index (χ1v) is 10.4. The summed E-state index contributed by atoms with van der Waals surface area (Å²) in [6.45, 7) is 2.75. The SMILES string of the molecule is CCC1c2ccsc2CCN1C(=O)c1cccc(S(C)(=O)=O)c1. The molecule has 0 radical (unpaired) electrons. The fourth-order valence-corrected chi connectivity index (χ4v) is 4.70. The molecule has 4 nitrogen and oxygen atoms in total. The fraction of sp³-hybridized carbons (Fsp3) is 0.353. The van der Waals surface area contributed by atoms with Crippen molar-refractivity contribution in [1.29, 1.82) is 0 Å². The van der Waals surface area contributed by atoms with Crippen molar-refractivity contribution in [3.63, 3.8) is 0 Å². The molecule has 0 saturated carbocycles. The van der Waals surface area contributed by atoms with E-state index in [0.717, 1.165) is 19.1 Å². The van der Waals surface area contributed by atoms with E-state index in [0.29, 0.717) is 12.1 Å². The molecule has 1 aromatic carbocycles. The summed E-state index contributed by atoms with van der Waals surface area (Å²) in [5.41, 5.74) is 1.67. The number of nitrogens with zero attached hydrogens (tertiary/aromatic N) is 1. The molecule has 0 aliphatic carbocycles. The Bertz CT molecular complexity index is 839. The van der Waals surface area contributed by atoms with Crippen LogP contribution in [0.25, 0.3) is 0 Å². The Hall–Kier alpha value is -1.66. The minimum absolute atomic E-state index is 0.0689. The van der Waals surface area contributed by atoms with E-state index in [1.807, 2.05) is 4.90 Å². The van der Waals surface area contributed by atoms with Crippen LogP contribution in [0.4, 0.5) is 0 Å². The lowest BCUT2D eigenvalue weighted by atomic mass is 9.97. The lowest BCUT2D eigenvalue weighted by molar-refractivity contribution is 0.0657. The minimum Gasteiger partial charge on any atom is -0.331 e. The third-order valence-electron chi connectivity index (χ3n) is 4.25. The molecule has 1 unspecified atom stereocenters. The summed E-state index contributed by atoms with van der Waals surface area (Å²) in [5, 5.41) is 2.07. The summed E-state index contributed by atoms with van der Waals surface area (Å²) in [7, 11) is -3.32. The molecule has 122 valence electrons. The Morgan fingerprint density at radius 3 is 2.83 bits per heavy atom. The van der Waals surface area contributed by atoms with Crippen molar-refractivity contribution in [2.45, 2.75) is 30.7 Å². The molecule has 1 aliphatic heterocycles. The molecule has 1 aliphatic rings. The van der Waals surface area contributed by atoms with Gasteiger partial charge in [0.2, 0.25) is 0 Å². The third-order valence-corrected chi connectivity index (χ3v) is 6.36. The molecular weight excluding hydrogens is 330 g/mol. The van der Waals surface area contributed by atoms with Crippen LogP contribution in [0.3, 0.4) is 0 Å². The molecule has 2 heterocycles. The van der Waals surface area contributed by atoms with Gasteiger partial charge in [0.1, 0.15) is 0 Å². The van der Waals surface area contributed by atoms with Crippen LogP contribution in [0.5, 0.6) is 0 Å². The molecular formula is C17H19NO3S2. The lowest BCUT2D eigenvalue weighted by Gasteiger charge is -2.35. The predicted octanol–water partition coefficient (Wildman–Crippen LogP) is 3.30. The Balaban J connectivity index is 1.95. The Morgan fingerprint density at radius 1 is 1.35 bits per heavy atom. The number of hydrogen-bond donors (Lipinski definition) is 0. The van der Waals surface area contributed by atoms with Crippen LogP contribution in [0.2, 0.25) is 0 Å². The zero-order chi connectivity index (χ0) is 16.6. The van der Waals surface area contributed by atoms with Gasteiger partial charge in [-0.1, -0.05) is 13.0 Å². The van der Waals surface area contributed by atoms with E-state index in [1.165, 1.54) is 22.6 Å². The maximum Gasteiger partial charge on any atom is 0.254 e. The van der Waals surface area contributed by atoms with E-state index < -0.39 is 9.84 Å². The maximum atomic E-state index is 12.9. The number of fused-ring (bicyclic) bond motifs is 1. The normalized spacial score (nSPS) is 17.8. The van der Waals surface area contributed by atoms with Crippen LogP contribution in [0, 0.1) is 0 Å². The van der Waals surface area contributed by atoms with Crippen LogP contribution in [-0.4, -0.2) is 32.0 Å². The van der Waals surface area contributed by atoms with Gasteiger partial charge < -0.3 is 4.90 Å².